The SMILES string of the molecule is Cc1cc(C)c2nc(N(CCCN(C)C)C(=O)c3cccc(N4C(=O)CCC4=O)c3)sc2c1.Cl. The Morgan fingerprint density at radius 3 is 2.44 bits per heavy atom. The summed E-state index contributed by atoms with van der Waals surface area (Å²) in [5.41, 5.74) is 4.02. The van der Waals surface area contributed by atoms with Crippen LogP contribution in [-0.4, -0.2) is 54.8 Å². The topological polar surface area (TPSA) is 73.8 Å². The monoisotopic (exact) mass is 500 g/mol. The van der Waals surface area contributed by atoms with Crippen molar-refractivity contribution in [2.75, 3.05) is 37.0 Å². The molecule has 1 saturated heterocycles. The Kier molecular flexibility index (Phi) is 8.07. The highest BCUT2D eigenvalue weighted by atomic mass is 35.5. The molecule has 180 valence electrons. The van der Waals surface area contributed by atoms with Crippen molar-refractivity contribution < 1.29 is 14.4 Å². The number of hydrogen-bond donors (Lipinski definition) is 0. The smallest absolute Gasteiger partial charge is 0.260 e. The molecular weight excluding hydrogens is 472 g/mol. The normalized spacial score (nSPS) is 13.6. The number of carbonyl (C=O) groups is 3. The summed E-state index contributed by atoms with van der Waals surface area (Å²) in [5.74, 6) is -0.656. The highest BCUT2D eigenvalue weighted by Gasteiger charge is 2.31. The van der Waals surface area contributed by atoms with E-state index in [1.807, 2.05) is 21.0 Å². The number of thiazole rings is 1. The van der Waals surface area contributed by atoms with Gasteiger partial charge in [0.15, 0.2) is 5.13 Å². The zero-order valence-electron chi connectivity index (χ0n) is 19.8. The summed E-state index contributed by atoms with van der Waals surface area (Å²) in [5, 5.41) is 0.654. The van der Waals surface area contributed by atoms with Crippen molar-refractivity contribution in [3.8, 4) is 0 Å². The van der Waals surface area contributed by atoms with Gasteiger partial charge < -0.3 is 4.90 Å². The summed E-state index contributed by atoms with van der Waals surface area (Å²) in [6.45, 7) is 5.44. The second kappa shape index (κ2) is 10.6. The van der Waals surface area contributed by atoms with Crippen molar-refractivity contribution in [3.05, 3.63) is 53.1 Å². The first-order valence-corrected chi connectivity index (χ1v) is 11.9. The number of benzene rings is 2. The lowest BCUT2D eigenvalue weighted by Crippen LogP contribution is -2.34. The van der Waals surface area contributed by atoms with Gasteiger partial charge in [-0.25, -0.2) is 4.98 Å². The number of carbonyl (C=O) groups excluding carboxylic acids is 3. The molecule has 1 fully saturated rings. The molecule has 1 aliphatic heterocycles. The van der Waals surface area contributed by atoms with E-state index in [4.69, 9.17) is 4.98 Å². The molecule has 9 heteroatoms. The van der Waals surface area contributed by atoms with Crippen LogP contribution in [0, 0.1) is 13.8 Å². The molecule has 3 amide bonds. The van der Waals surface area contributed by atoms with Crippen molar-refractivity contribution >= 4 is 62.5 Å². The molecule has 0 radical (unpaired) electrons. The quantitative estimate of drug-likeness (QED) is 0.444. The minimum Gasteiger partial charge on any atom is -0.309 e. The molecule has 1 aromatic heterocycles. The Morgan fingerprint density at radius 2 is 1.76 bits per heavy atom. The summed E-state index contributed by atoms with van der Waals surface area (Å²) in [7, 11) is 4.01. The number of aromatic nitrogens is 1. The lowest BCUT2D eigenvalue weighted by Gasteiger charge is -2.22. The second-order valence-corrected chi connectivity index (χ2v) is 9.72. The van der Waals surface area contributed by atoms with Crippen molar-refractivity contribution in [1.82, 2.24) is 9.88 Å². The maximum absolute atomic E-state index is 13.7. The third-order valence-electron chi connectivity index (χ3n) is 5.68. The van der Waals surface area contributed by atoms with E-state index in [1.54, 1.807) is 29.2 Å². The molecule has 7 nitrogen and oxygen atoms in total. The summed E-state index contributed by atoms with van der Waals surface area (Å²) < 4.78 is 1.05. The van der Waals surface area contributed by atoms with Gasteiger partial charge in [0.1, 0.15) is 0 Å². The molecule has 1 aliphatic rings. The van der Waals surface area contributed by atoms with Gasteiger partial charge in [-0.15, -0.1) is 12.4 Å². The summed E-state index contributed by atoms with van der Waals surface area (Å²) in [6, 6.07) is 10.9. The van der Waals surface area contributed by atoms with Gasteiger partial charge in [0.25, 0.3) is 5.91 Å². The van der Waals surface area contributed by atoms with Crippen LogP contribution in [0.2, 0.25) is 0 Å². The number of amides is 3. The maximum atomic E-state index is 13.7. The van der Waals surface area contributed by atoms with E-state index in [0.29, 0.717) is 22.9 Å². The molecule has 0 atom stereocenters. The fraction of sp³-hybridized carbons (Fsp3) is 0.360. The Morgan fingerprint density at radius 1 is 1.06 bits per heavy atom. The lowest BCUT2D eigenvalue weighted by molar-refractivity contribution is -0.121. The maximum Gasteiger partial charge on any atom is 0.260 e. The lowest BCUT2D eigenvalue weighted by atomic mass is 10.1. The fourth-order valence-electron chi connectivity index (χ4n) is 4.10. The van der Waals surface area contributed by atoms with Crippen LogP contribution in [0.1, 0.15) is 40.7 Å². The molecule has 0 saturated carbocycles. The van der Waals surface area contributed by atoms with Gasteiger partial charge in [-0.1, -0.05) is 23.5 Å². The predicted octanol–water partition coefficient (Wildman–Crippen LogP) is 4.59. The van der Waals surface area contributed by atoms with Crippen LogP contribution in [-0.2, 0) is 9.59 Å². The Balaban J connectivity index is 0.00000324. The van der Waals surface area contributed by atoms with Crippen LogP contribution in [0.25, 0.3) is 10.2 Å². The predicted molar refractivity (Wildman–Crippen MR) is 139 cm³/mol. The molecule has 0 unspecified atom stereocenters. The molecule has 2 aromatic carbocycles. The number of rotatable bonds is 7. The summed E-state index contributed by atoms with van der Waals surface area (Å²) in [4.78, 5) is 47.8. The standard InChI is InChI=1S/C25H28N4O3S.ClH/c1-16-13-17(2)23-20(14-16)33-25(26-23)28(12-6-11-27(3)4)24(32)18-7-5-8-19(15-18)29-21(30)9-10-22(29)31;/h5,7-8,13-15H,6,9-12H2,1-4H3;1H. The molecule has 3 aromatic rings. The van der Waals surface area contributed by atoms with E-state index in [2.05, 4.69) is 24.0 Å². The van der Waals surface area contributed by atoms with Gasteiger partial charge in [-0.2, -0.15) is 0 Å². The van der Waals surface area contributed by atoms with Gasteiger partial charge in [-0.3, -0.25) is 24.2 Å². The van der Waals surface area contributed by atoms with Crippen LogP contribution in [0.3, 0.4) is 0 Å². The number of hydrogen-bond acceptors (Lipinski definition) is 6. The Hall–Kier alpha value is -2.81. The van der Waals surface area contributed by atoms with E-state index in [9.17, 15) is 14.4 Å². The zero-order chi connectivity index (χ0) is 23.7. The first-order valence-electron chi connectivity index (χ1n) is 11.0. The molecule has 0 bridgehead atoms. The highest BCUT2D eigenvalue weighted by Crippen LogP contribution is 2.33. The van der Waals surface area contributed by atoms with Gasteiger partial charge in [-0.05, 0) is 76.3 Å². The number of halogens is 1. The van der Waals surface area contributed by atoms with Crippen LogP contribution < -0.4 is 9.80 Å². The van der Waals surface area contributed by atoms with Crippen molar-refractivity contribution in [2.24, 2.45) is 0 Å². The molecule has 4 rings (SSSR count). The van der Waals surface area contributed by atoms with Gasteiger partial charge in [0.05, 0.1) is 15.9 Å². The average molecular weight is 501 g/mol. The number of anilines is 2. The summed E-state index contributed by atoms with van der Waals surface area (Å²) >= 11 is 1.51. The molecule has 0 N–H and O–H groups in total. The zero-order valence-corrected chi connectivity index (χ0v) is 21.5. The molecule has 0 aliphatic carbocycles. The Bertz CT molecular complexity index is 1220. The van der Waals surface area contributed by atoms with E-state index in [-0.39, 0.29) is 43.0 Å². The van der Waals surface area contributed by atoms with Crippen LogP contribution in [0.15, 0.2) is 36.4 Å². The third-order valence-corrected chi connectivity index (χ3v) is 6.71. The number of nitrogens with zero attached hydrogens (tertiary/aromatic N) is 4. The largest absolute Gasteiger partial charge is 0.309 e. The van der Waals surface area contributed by atoms with E-state index in [1.165, 1.54) is 16.2 Å². The van der Waals surface area contributed by atoms with E-state index >= 15 is 0 Å². The first kappa shape index (κ1) is 25.8. The van der Waals surface area contributed by atoms with Crippen molar-refractivity contribution in [2.45, 2.75) is 33.1 Å². The molecule has 2 heterocycles. The van der Waals surface area contributed by atoms with Crippen molar-refractivity contribution in [1.29, 1.82) is 0 Å². The minimum atomic E-state index is -0.232. The van der Waals surface area contributed by atoms with Gasteiger partial charge in [0, 0.05) is 24.9 Å². The van der Waals surface area contributed by atoms with E-state index in [0.717, 1.165) is 34.3 Å². The highest BCUT2D eigenvalue weighted by molar-refractivity contribution is 7.22. The number of aryl methyl sites for hydroxylation is 2. The molecule has 34 heavy (non-hydrogen) atoms. The van der Waals surface area contributed by atoms with E-state index < -0.39 is 0 Å². The second-order valence-electron chi connectivity index (χ2n) is 8.71. The molecule has 0 spiro atoms. The number of imide groups is 1. The van der Waals surface area contributed by atoms with Gasteiger partial charge in [0.2, 0.25) is 11.8 Å². The van der Waals surface area contributed by atoms with Crippen molar-refractivity contribution in [3.63, 3.8) is 0 Å². The minimum absolute atomic E-state index is 0. The average Bonchev–Trinajstić information content (AvgIpc) is 3.33. The number of fused-ring (bicyclic) bond motifs is 1. The fourth-order valence-corrected chi connectivity index (χ4v) is 5.27. The van der Waals surface area contributed by atoms with Crippen LogP contribution in [0.4, 0.5) is 10.8 Å². The molecular formula is C25H29ClN4O3S. The summed E-state index contributed by atoms with van der Waals surface area (Å²) in [6.07, 6.45) is 1.20. The first-order chi connectivity index (χ1) is 15.7. The van der Waals surface area contributed by atoms with Gasteiger partial charge >= 0.3 is 0 Å². The Labute approximate surface area is 209 Å². The van der Waals surface area contributed by atoms with Crippen LogP contribution in [0.5, 0.6) is 0 Å². The van der Waals surface area contributed by atoms with Crippen LogP contribution >= 0.6 is 23.7 Å². The third kappa shape index (κ3) is 5.29.